The summed E-state index contributed by atoms with van der Waals surface area (Å²) in [4.78, 5) is 50.9. The number of nitrogens with two attached hydrogens (primary N) is 4. The van der Waals surface area contributed by atoms with E-state index in [9.17, 15) is 19.2 Å². The third-order valence-corrected chi connectivity index (χ3v) is 12.5. The lowest BCUT2D eigenvalue weighted by molar-refractivity contribution is -0.225. The SMILES string of the molecule is C[C@H](CCC(=O)OCCN)C1CC[C@H]2C3[C@H](OC(=O)CCN)CC4C[C@H](OC(=O)CCN)CC[C@]4(C)[C@H]3C[C@H](OC(=O)CCN)[C@]12C. The van der Waals surface area contributed by atoms with Crippen LogP contribution in [0.1, 0.15) is 97.8 Å². The molecule has 0 spiro atoms. The molecule has 3 unspecified atom stereocenters. The van der Waals surface area contributed by atoms with E-state index in [1.54, 1.807) is 0 Å². The predicted molar refractivity (Wildman–Crippen MR) is 175 cm³/mol. The number of ether oxygens (including phenoxy) is 4. The molecular formula is C35H60N4O8. The van der Waals surface area contributed by atoms with E-state index < -0.39 is 0 Å². The number of hydrogen-bond acceptors (Lipinski definition) is 12. The Morgan fingerprint density at radius 2 is 1.36 bits per heavy atom. The van der Waals surface area contributed by atoms with Gasteiger partial charge in [-0.3, -0.25) is 19.2 Å². The lowest BCUT2D eigenvalue weighted by atomic mass is 9.43. The van der Waals surface area contributed by atoms with Crippen LogP contribution in [0.15, 0.2) is 0 Å². The van der Waals surface area contributed by atoms with Crippen molar-refractivity contribution in [3.8, 4) is 0 Å². The zero-order valence-corrected chi connectivity index (χ0v) is 28.8. The standard InChI is InChI=1S/C35H60N4O8/c1-21(4-7-29(40)44-17-16-39)24-5-6-25-33-26(20-28(35(24,25)3)47-32(43)11-15-38)34(2)12-8-23(45-30(41)9-13-36)18-22(34)19-27(33)46-31(42)10-14-37/h21-28,33H,4-20,36-39H2,1-3H3/t21-,22?,23-,24?,25+,26+,27-,28+,33?,34+,35-/m1/s1. The molecule has 0 aliphatic heterocycles. The number of esters is 4. The molecule has 0 saturated heterocycles. The van der Waals surface area contributed by atoms with Gasteiger partial charge in [0.05, 0.1) is 19.3 Å². The Bertz CT molecular complexity index is 1110. The van der Waals surface area contributed by atoms with Crippen molar-refractivity contribution < 1.29 is 38.1 Å². The molecule has 0 bridgehead atoms. The fourth-order valence-electron chi connectivity index (χ4n) is 10.3. The van der Waals surface area contributed by atoms with Crippen LogP contribution in [0.4, 0.5) is 0 Å². The fourth-order valence-corrected chi connectivity index (χ4v) is 10.3. The van der Waals surface area contributed by atoms with Gasteiger partial charge < -0.3 is 41.9 Å². The van der Waals surface area contributed by atoms with Gasteiger partial charge in [-0.1, -0.05) is 20.8 Å². The Morgan fingerprint density at radius 3 is 2.00 bits per heavy atom. The van der Waals surface area contributed by atoms with Gasteiger partial charge in [0, 0.05) is 43.9 Å². The average Bonchev–Trinajstić information content (AvgIpc) is 3.38. The van der Waals surface area contributed by atoms with Crippen molar-refractivity contribution >= 4 is 23.9 Å². The zero-order chi connectivity index (χ0) is 34.4. The summed E-state index contributed by atoms with van der Waals surface area (Å²) >= 11 is 0. The van der Waals surface area contributed by atoms with Gasteiger partial charge in [0.2, 0.25) is 0 Å². The molecule has 0 aromatic carbocycles. The van der Waals surface area contributed by atoms with E-state index in [1.165, 1.54) is 0 Å². The normalized spacial score (nSPS) is 36.7. The second-order valence-corrected chi connectivity index (χ2v) is 15.0. The molecule has 4 saturated carbocycles. The van der Waals surface area contributed by atoms with Crippen LogP contribution >= 0.6 is 0 Å². The Morgan fingerprint density at radius 1 is 0.723 bits per heavy atom. The highest BCUT2D eigenvalue weighted by atomic mass is 16.6. The van der Waals surface area contributed by atoms with Crippen molar-refractivity contribution in [2.45, 2.75) is 116 Å². The van der Waals surface area contributed by atoms with Gasteiger partial charge in [0.25, 0.3) is 0 Å². The first-order valence-electron chi connectivity index (χ1n) is 18.0. The molecule has 4 fully saturated rings. The summed E-state index contributed by atoms with van der Waals surface area (Å²) in [6.45, 7) is 7.96. The van der Waals surface area contributed by atoms with Gasteiger partial charge in [-0.15, -0.1) is 0 Å². The van der Waals surface area contributed by atoms with E-state index in [-0.39, 0.29) is 134 Å². The largest absolute Gasteiger partial charge is 0.464 e. The summed E-state index contributed by atoms with van der Waals surface area (Å²) in [6, 6.07) is 0. The van der Waals surface area contributed by atoms with E-state index >= 15 is 0 Å². The summed E-state index contributed by atoms with van der Waals surface area (Å²) < 4.78 is 23.8. The highest BCUT2D eigenvalue weighted by Crippen LogP contribution is 2.69. The van der Waals surface area contributed by atoms with Crippen LogP contribution < -0.4 is 22.9 Å². The van der Waals surface area contributed by atoms with E-state index in [0.717, 1.165) is 25.7 Å². The maximum atomic E-state index is 13.1. The summed E-state index contributed by atoms with van der Waals surface area (Å²) in [5.41, 5.74) is 22.1. The average molecular weight is 665 g/mol. The summed E-state index contributed by atoms with van der Waals surface area (Å²) in [6.07, 6.45) is 6.08. The zero-order valence-electron chi connectivity index (χ0n) is 28.8. The second kappa shape index (κ2) is 16.4. The smallest absolute Gasteiger partial charge is 0.307 e. The summed E-state index contributed by atoms with van der Waals surface area (Å²) in [5, 5.41) is 0. The van der Waals surface area contributed by atoms with Gasteiger partial charge in [-0.25, -0.2) is 0 Å². The Hall–Kier alpha value is -2.28. The van der Waals surface area contributed by atoms with E-state index in [1.807, 2.05) is 0 Å². The van der Waals surface area contributed by atoms with Crippen LogP contribution in [0.25, 0.3) is 0 Å². The Kier molecular flexibility index (Phi) is 13.1. The van der Waals surface area contributed by atoms with Gasteiger partial charge >= 0.3 is 23.9 Å². The topological polar surface area (TPSA) is 209 Å². The van der Waals surface area contributed by atoms with Crippen LogP contribution in [0, 0.1) is 46.3 Å². The van der Waals surface area contributed by atoms with Crippen LogP contribution in [-0.4, -0.2) is 75.0 Å². The van der Waals surface area contributed by atoms with E-state index in [0.29, 0.717) is 38.6 Å². The van der Waals surface area contributed by atoms with Gasteiger partial charge in [-0.05, 0) is 86.4 Å². The van der Waals surface area contributed by atoms with Crippen molar-refractivity contribution in [3.05, 3.63) is 0 Å². The number of fused-ring (bicyclic) bond motifs is 5. The molecule has 0 heterocycles. The molecule has 47 heavy (non-hydrogen) atoms. The van der Waals surface area contributed by atoms with Crippen LogP contribution in [0.2, 0.25) is 0 Å². The monoisotopic (exact) mass is 664 g/mol. The van der Waals surface area contributed by atoms with Crippen LogP contribution in [0.5, 0.6) is 0 Å². The molecule has 12 nitrogen and oxygen atoms in total. The second-order valence-electron chi connectivity index (χ2n) is 15.0. The number of hydrogen-bond donors (Lipinski definition) is 4. The number of carbonyl (C=O) groups excluding carboxylic acids is 4. The van der Waals surface area contributed by atoms with Gasteiger partial charge in [0.15, 0.2) is 0 Å². The Labute approximate surface area is 280 Å². The van der Waals surface area contributed by atoms with Crippen LogP contribution in [-0.2, 0) is 38.1 Å². The highest BCUT2D eigenvalue weighted by molar-refractivity contribution is 5.71. The Balaban J connectivity index is 1.67. The molecular weight excluding hydrogens is 604 g/mol. The molecule has 4 rings (SSSR count). The van der Waals surface area contributed by atoms with Gasteiger partial charge in [-0.2, -0.15) is 0 Å². The van der Waals surface area contributed by atoms with Crippen LogP contribution in [0.3, 0.4) is 0 Å². The minimum atomic E-state index is -0.386. The fraction of sp³-hybridized carbons (Fsp3) is 0.886. The van der Waals surface area contributed by atoms with Crippen molar-refractivity contribution in [3.63, 3.8) is 0 Å². The lowest BCUT2D eigenvalue weighted by Gasteiger charge is -2.64. The number of carbonyl (C=O) groups is 4. The van der Waals surface area contributed by atoms with Gasteiger partial charge in [0.1, 0.15) is 24.9 Å². The minimum absolute atomic E-state index is 0.0792. The molecule has 0 amide bonds. The quantitative estimate of drug-likeness (QED) is 0.147. The van der Waals surface area contributed by atoms with E-state index in [4.69, 9.17) is 41.9 Å². The minimum Gasteiger partial charge on any atom is -0.464 e. The molecule has 4 aliphatic carbocycles. The maximum Gasteiger partial charge on any atom is 0.307 e. The highest BCUT2D eigenvalue weighted by Gasteiger charge is 2.67. The number of rotatable bonds is 15. The molecule has 4 aliphatic rings. The molecule has 8 N–H and O–H groups in total. The van der Waals surface area contributed by atoms with Crippen molar-refractivity contribution in [2.75, 3.05) is 32.8 Å². The van der Waals surface area contributed by atoms with E-state index in [2.05, 4.69) is 20.8 Å². The third kappa shape index (κ3) is 8.13. The molecule has 0 aromatic rings. The predicted octanol–water partition coefficient (Wildman–Crippen LogP) is 2.57. The lowest BCUT2D eigenvalue weighted by Crippen LogP contribution is -2.63. The first-order valence-corrected chi connectivity index (χ1v) is 18.0. The molecule has 11 atom stereocenters. The van der Waals surface area contributed by atoms with Crippen molar-refractivity contribution in [1.29, 1.82) is 0 Å². The van der Waals surface area contributed by atoms with Crippen molar-refractivity contribution in [2.24, 2.45) is 69.3 Å². The third-order valence-electron chi connectivity index (χ3n) is 12.5. The first-order chi connectivity index (χ1) is 22.4. The summed E-state index contributed by atoms with van der Waals surface area (Å²) in [7, 11) is 0. The maximum absolute atomic E-state index is 13.1. The first kappa shape index (κ1) is 37.5. The molecule has 268 valence electrons. The molecule has 0 radical (unpaired) electrons. The molecule has 0 aromatic heterocycles. The summed E-state index contributed by atoms with van der Waals surface area (Å²) in [5.74, 6) is -0.244. The van der Waals surface area contributed by atoms with Crippen molar-refractivity contribution in [1.82, 2.24) is 0 Å². The molecule has 12 heteroatoms.